The van der Waals surface area contributed by atoms with E-state index in [0.29, 0.717) is 12.1 Å². The van der Waals surface area contributed by atoms with Gasteiger partial charge in [0.2, 0.25) is 0 Å². The molecule has 4 heteroatoms. The van der Waals surface area contributed by atoms with E-state index in [9.17, 15) is 0 Å². The SMILES string of the molecule is CC(C)n1ccc(CN2CCCC2CN)n1. The molecule has 1 aromatic heterocycles. The van der Waals surface area contributed by atoms with Crippen molar-refractivity contribution in [2.24, 2.45) is 5.73 Å². The highest BCUT2D eigenvalue weighted by Gasteiger charge is 2.23. The maximum Gasteiger partial charge on any atom is 0.0765 e. The van der Waals surface area contributed by atoms with E-state index in [-0.39, 0.29) is 0 Å². The summed E-state index contributed by atoms with van der Waals surface area (Å²) < 4.78 is 2.02. The average Bonchev–Trinajstić information content (AvgIpc) is 2.87. The van der Waals surface area contributed by atoms with Crippen molar-refractivity contribution >= 4 is 0 Å². The molecule has 4 nitrogen and oxygen atoms in total. The Morgan fingerprint density at radius 2 is 2.38 bits per heavy atom. The third-order valence-electron chi connectivity index (χ3n) is 3.33. The molecule has 1 fully saturated rings. The second kappa shape index (κ2) is 4.97. The summed E-state index contributed by atoms with van der Waals surface area (Å²) in [5.41, 5.74) is 6.93. The predicted molar refractivity (Wildman–Crippen MR) is 65.1 cm³/mol. The van der Waals surface area contributed by atoms with Crippen LogP contribution in [0.5, 0.6) is 0 Å². The van der Waals surface area contributed by atoms with Crippen LogP contribution in [0, 0.1) is 0 Å². The Bertz CT molecular complexity index is 332. The maximum absolute atomic E-state index is 5.76. The Labute approximate surface area is 97.4 Å². The van der Waals surface area contributed by atoms with E-state index >= 15 is 0 Å². The van der Waals surface area contributed by atoms with E-state index in [4.69, 9.17) is 5.73 Å². The smallest absolute Gasteiger partial charge is 0.0765 e. The van der Waals surface area contributed by atoms with Gasteiger partial charge in [-0.15, -0.1) is 0 Å². The maximum atomic E-state index is 5.76. The van der Waals surface area contributed by atoms with Crippen molar-refractivity contribution in [1.82, 2.24) is 14.7 Å². The van der Waals surface area contributed by atoms with Crippen molar-refractivity contribution in [1.29, 1.82) is 0 Å². The van der Waals surface area contributed by atoms with Gasteiger partial charge in [0.05, 0.1) is 5.69 Å². The van der Waals surface area contributed by atoms with Gasteiger partial charge in [-0.3, -0.25) is 9.58 Å². The van der Waals surface area contributed by atoms with Crippen molar-refractivity contribution in [2.75, 3.05) is 13.1 Å². The topological polar surface area (TPSA) is 47.1 Å². The first-order valence-electron chi connectivity index (χ1n) is 6.19. The van der Waals surface area contributed by atoms with Crippen LogP contribution in [0.1, 0.15) is 38.4 Å². The number of nitrogens with zero attached hydrogens (tertiary/aromatic N) is 3. The molecule has 0 radical (unpaired) electrons. The molecule has 0 aromatic carbocycles. The number of likely N-dealkylation sites (tertiary alicyclic amines) is 1. The Hall–Kier alpha value is -0.870. The van der Waals surface area contributed by atoms with E-state index in [2.05, 4.69) is 36.1 Å². The molecule has 1 aromatic rings. The zero-order valence-electron chi connectivity index (χ0n) is 10.3. The van der Waals surface area contributed by atoms with E-state index in [1.807, 2.05) is 4.68 Å². The number of rotatable bonds is 4. The van der Waals surface area contributed by atoms with Gasteiger partial charge in [-0.25, -0.2) is 0 Å². The molecule has 1 unspecified atom stereocenters. The van der Waals surface area contributed by atoms with E-state index < -0.39 is 0 Å². The van der Waals surface area contributed by atoms with E-state index in [1.54, 1.807) is 0 Å². The van der Waals surface area contributed by atoms with Gasteiger partial charge in [-0.2, -0.15) is 5.10 Å². The summed E-state index contributed by atoms with van der Waals surface area (Å²) in [5.74, 6) is 0. The molecule has 16 heavy (non-hydrogen) atoms. The molecule has 0 aliphatic carbocycles. The first kappa shape index (κ1) is 11.6. The summed E-state index contributed by atoms with van der Waals surface area (Å²) >= 11 is 0. The highest BCUT2D eigenvalue weighted by Crippen LogP contribution is 2.18. The number of nitrogens with two attached hydrogens (primary N) is 1. The first-order valence-corrected chi connectivity index (χ1v) is 6.19. The van der Waals surface area contributed by atoms with Gasteiger partial charge >= 0.3 is 0 Å². The molecule has 0 saturated carbocycles. The highest BCUT2D eigenvalue weighted by atomic mass is 15.3. The summed E-state index contributed by atoms with van der Waals surface area (Å²) in [6.45, 7) is 7.17. The second-order valence-electron chi connectivity index (χ2n) is 4.88. The monoisotopic (exact) mass is 222 g/mol. The highest BCUT2D eigenvalue weighted by molar-refractivity contribution is 5.00. The minimum Gasteiger partial charge on any atom is -0.329 e. The standard InChI is InChI=1S/C12H22N4/c1-10(2)16-7-5-11(14-16)9-15-6-3-4-12(15)8-13/h5,7,10,12H,3-4,6,8-9,13H2,1-2H3. The molecule has 0 bridgehead atoms. The van der Waals surface area contributed by atoms with Crippen LogP contribution in [0.4, 0.5) is 0 Å². The molecule has 2 heterocycles. The molecule has 1 saturated heterocycles. The average molecular weight is 222 g/mol. The van der Waals surface area contributed by atoms with Crippen LogP contribution < -0.4 is 5.73 Å². The molecule has 90 valence electrons. The normalized spacial score (nSPS) is 22.1. The minimum absolute atomic E-state index is 0.442. The zero-order valence-corrected chi connectivity index (χ0v) is 10.3. The van der Waals surface area contributed by atoms with Crippen molar-refractivity contribution in [3.8, 4) is 0 Å². The lowest BCUT2D eigenvalue weighted by atomic mass is 10.2. The van der Waals surface area contributed by atoms with E-state index in [1.165, 1.54) is 12.8 Å². The Morgan fingerprint density at radius 3 is 3.00 bits per heavy atom. The Balaban J connectivity index is 1.97. The summed E-state index contributed by atoms with van der Waals surface area (Å²) in [5, 5.41) is 4.58. The molecule has 2 N–H and O–H groups in total. The fraction of sp³-hybridized carbons (Fsp3) is 0.750. The summed E-state index contributed by atoms with van der Waals surface area (Å²) in [6.07, 6.45) is 4.57. The van der Waals surface area contributed by atoms with Gasteiger partial charge < -0.3 is 5.73 Å². The Morgan fingerprint density at radius 1 is 1.56 bits per heavy atom. The van der Waals surface area contributed by atoms with Crippen LogP contribution in [-0.4, -0.2) is 33.8 Å². The van der Waals surface area contributed by atoms with Gasteiger partial charge in [-0.1, -0.05) is 0 Å². The lowest BCUT2D eigenvalue weighted by Crippen LogP contribution is -2.35. The lowest BCUT2D eigenvalue weighted by molar-refractivity contribution is 0.246. The van der Waals surface area contributed by atoms with Gasteiger partial charge in [0.25, 0.3) is 0 Å². The quantitative estimate of drug-likeness (QED) is 0.837. The molecule has 2 rings (SSSR count). The van der Waals surface area contributed by atoms with Gasteiger partial charge in [-0.05, 0) is 39.3 Å². The van der Waals surface area contributed by atoms with Crippen LogP contribution in [0.15, 0.2) is 12.3 Å². The molecule has 1 aliphatic heterocycles. The number of hydrogen-bond acceptors (Lipinski definition) is 3. The summed E-state index contributed by atoms with van der Waals surface area (Å²) in [7, 11) is 0. The summed E-state index contributed by atoms with van der Waals surface area (Å²) in [4.78, 5) is 2.45. The van der Waals surface area contributed by atoms with Crippen LogP contribution in [0.25, 0.3) is 0 Å². The predicted octanol–water partition coefficient (Wildman–Crippen LogP) is 1.39. The third kappa shape index (κ3) is 2.44. The fourth-order valence-corrected chi connectivity index (χ4v) is 2.33. The molecule has 0 amide bonds. The Kier molecular flexibility index (Phi) is 3.61. The van der Waals surface area contributed by atoms with Crippen molar-refractivity contribution in [3.63, 3.8) is 0 Å². The van der Waals surface area contributed by atoms with Crippen LogP contribution in [0.2, 0.25) is 0 Å². The van der Waals surface area contributed by atoms with Crippen molar-refractivity contribution in [3.05, 3.63) is 18.0 Å². The summed E-state index contributed by atoms with van der Waals surface area (Å²) in [6, 6.07) is 3.12. The van der Waals surface area contributed by atoms with Crippen molar-refractivity contribution < 1.29 is 0 Å². The fourth-order valence-electron chi connectivity index (χ4n) is 2.33. The molecular weight excluding hydrogens is 200 g/mol. The minimum atomic E-state index is 0.442. The second-order valence-corrected chi connectivity index (χ2v) is 4.88. The van der Waals surface area contributed by atoms with E-state index in [0.717, 1.165) is 25.3 Å². The third-order valence-corrected chi connectivity index (χ3v) is 3.33. The van der Waals surface area contributed by atoms with Crippen LogP contribution in [-0.2, 0) is 6.54 Å². The molecule has 1 aliphatic rings. The number of aromatic nitrogens is 2. The van der Waals surface area contributed by atoms with Crippen LogP contribution in [0.3, 0.4) is 0 Å². The molecular formula is C12H22N4. The van der Waals surface area contributed by atoms with Crippen LogP contribution >= 0.6 is 0 Å². The van der Waals surface area contributed by atoms with Crippen molar-refractivity contribution in [2.45, 2.75) is 45.3 Å². The zero-order chi connectivity index (χ0) is 11.5. The van der Waals surface area contributed by atoms with Gasteiger partial charge in [0.15, 0.2) is 0 Å². The number of hydrogen-bond donors (Lipinski definition) is 1. The lowest BCUT2D eigenvalue weighted by Gasteiger charge is -2.21. The van der Waals surface area contributed by atoms with Gasteiger partial charge in [0.1, 0.15) is 0 Å². The largest absolute Gasteiger partial charge is 0.329 e. The first-order chi connectivity index (χ1) is 7.70. The molecule has 0 spiro atoms. The van der Waals surface area contributed by atoms with Gasteiger partial charge in [0, 0.05) is 31.4 Å². The molecule has 1 atom stereocenters.